The van der Waals surface area contributed by atoms with Gasteiger partial charge in [0.1, 0.15) is 0 Å². The van der Waals surface area contributed by atoms with Gasteiger partial charge >= 0.3 is 5.97 Å². The quantitative estimate of drug-likeness (QED) is 0.653. The Morgan fingerprint density at radius 1 is 1.20 bits per heavy atom. The maximum Gasteiger partial charge on any atom is 0.305 e. The van der Waals surface area contributed by atoms with E-state index in [9.17, 15) is 19.8 Å². The molecule has 0 aromatic rings. The summed E-state index contributed by atoms with van der Waals surface area (Å²) in [5.74, 6) is 1.70. The molecule has 3 saturated carbocycles. The van der Waals surface area contributed by atoms with E-state index < -0.39 is 6.10 Å². The second-order valence-electron chi connectivity index (χ2n) is 11.1. The number of ketones is 1. The lowest BCUT2D eigenvalue weighted by Gasteiger charge is -2.59. The fourth-order valence-corrected chi connectivity index (χ4v) is 8.26. The largest absolute Gasteiger partial charge is 0.504 e. The number of aliphatic hydroxyl groups is 2. The van der Waals surface area contributed by atoms with Crippen molar-refractivity contribution in [3.05, 3.63) is 11.3 Å². The number of Topliss-reactive ketones (excluding diaryl/α,β-unsaturated/α-hetero) is 1. The molecule has 4 aliphatic carbocycles. The SMILES string of the molecule is COC(=O)CC[C@@H](C)[C@H]1CC[C@H]2[C@@H]3[C@H](O)CC4=C(O)C(=O)CC[C@]4(C)[C@H]3CC[C@]12C. The van der Waals surface area contributed by atoms with Crippen LogP contribution in [0.4, 0.5) is 0 Å². The second kappa shape index (κ2) is 7.65. The Kier molecular flexibility index (Phi) is 5.57. The van der Waals surface area contributed by atoms with E-state index in [1.165, 1.54) is 7.11 Å². The van der Waals surface area contributed by atoms with Gasteiger partial charge in [-0.2, -0.15) is 0 Å². The van der Waals surface area contributed by atoms with Crippen LogP contribution in [-0.2, 0) is 14.3 Å². The molecule has 168 valence electrons. The Bertz CT molecular complexity index is 757. The van der Waals surface area contributed by atoms with Crippen molar-refractivity contribution in [2.45, 2.75) is 84.7 Å². The Hall–Kier alpha value is -1.36. The smallest absolute Gasteiger partial charge is 0.305 e. The number of esters is 1. The topological polar surface area (TPSA) is 83.8 Å². The molecule has 0 heterocycles. The zero-order chi connectivity index (χ0) is 21.8. The van der Waals surface area contributed by atoms with Gasteiger partial charge in [0.2, 0.25) is 0 Å². The van der Waals surface area contributed by atoms with Crippen LogP contribution in [0.2, 0.25) is 0 Å². The van der Waals surface area contributed by atoms with Gasteiger partial charge in [0.15, 0.2) is 11.5 Å². The van der Waals surface area contributed by atoms with Gasteiger partial charge < -0.3 is 14.9 Å². The summed E-state index contributed by atoms with van der Waals surface area (Å²) in [5, 5.41) is 21.7. The van der Waals surface area contributed by atoms with Gasteiger partial charge in [0.05, 0.1) is 13.2 Å². The minimum absolute atomic E-state index is 0.0599. The van der Waals surface area contributed by atoms with Crippen LogP contribution in [0.3, 0.4) is 0 Å². The van der Waals surface area contributed by atoms with E-state index in [0.29, 0.717) is 42.9 Å². The predicted molar refractivity (Wildman–Crippen MR) is 114 cm³/mol. The number of aliphatic hydroxyl groups excluding tert-OH is 2. The summed E-state index contributed by atoms with van der Waals surface area (Å²) in [5.41, 5.74) is 0.830. The number of carbonyl (C=O) groups excluding carboxylic acids is 2. The van der Waals surface area contributed by atoms with Gasteiger partial charge in [0, 0.05) is 12.8 Å². The molecule has 0 aromatic carbocycles. The second-order valence-corrected chi connectivity index (χ2v) is 11.1. The molecule has 30 heavy (non-hydrogen) atoms. The molecule has 0 aromatic heterocycles. The van der Waals surface area contributed by atoms with E-state index in [1.807, 2.05) is 0 Å². The summed E-state index contributed by atoms with van der Waals surface area (Å²) in [6, 6.07) is 0. The zero-order valence-electron chi connectivity index (χ0n) is 18.9. The van der Waals surface area contributed by atoms with Crippen molar-refractivity contribution >= 4 is 11.8 Å². The zero-order valence-corrected chi connectivity index (χ0v) is 18.9. The summed E-state index contributed by atoms with van der Waals surface area (Å²) in [4.78, 5) is 23.8. The van der Waals surface area contributed by atoms with Crippen molar-refractivity contribution in [1.29, 1.82) is 0 Å². The van der Waals surface area contributed by atoms with Crippen molar-refractivity contribution in [3.8, 4) is 0 Å². The fraction of sp³-hybridized carbons (Fsp3) is 0.840. The van der Waals surface area contributed by atoms with Gasteiger partial charge in [-0.05, 0) is 90.9 Å². The lowest BCUT2D eigenvalue weighted by molar-refractivity contribution is -0.141. The average Bonchev–Trinajstić information content (AvgIpc) is 3.07. The maximum absolute atomic E-state index is 12.1. The third-order valence-electron chi connectivity index (χ3n) is 9.91. The van der Waals surface area contributed by atoms with Crippen LogP contribution in [0.15, 0.2) is 11.3 Å². The summed E-state index contributed by atoms with van der Waals surface area (Å²) in [6.07, 6.45) is 6.93. The fourth-order valence-electron chi connectivity index (χ4n) is 8.26. The molecule has 8 atom stereocenters. The molecular formula is C25H38O5. The minimum atomic E-state index is -0.486. The molecule has 0 radical (unpaired) electrons. The molecule has 5 nitrogen and oxygen atoms in total. The highest BCUT2D eigenvalue weighted by molar-refractivity contribution is 5.95. The third-order valence-corrected chi connectivity index (χ3v) is 9.91. The highest BCUT2D eigenvalue weighted by Crippen LogP contribution is 2.68. The first-order valence-electron chi connectivity index (χ1n) is 11.8. The molecular weight excluding hydrogens is 380 g/mol. The first-order chi connectivity index (χ1) is 14.1. The van der Waals surface area contributed by atoms with Crippen molar-refractivity contribution in [1.82, 2.24) is 0 Å². The lowest BCUT2D eigenvalue weighted by atomic mass is 9.45. The Balaban J connectivity index is 1.58. The number of hydrogen-bond donors (Lipinski definition) is 2. The van der Waals surface area contributed by atoms with Gasteiger partial charge in [-0.1, -0.05) is 20.8 Å². The average molecular weight is 419 g/mol. The standard InChI is InChI=1S/C25H38O5/c1-14(5-8-21(28)30-4)15-6-7-16-22-17(9-11-24(15,16)2)25(3)12-10-19(26)23(29)18(25)13-20(22)27/h14-17,20,22,27,29H,5-13H2,1-4H3/t14-,15-,16+,17+,20-,22+,24-,25-/m1/s1. The highest BCUT2D eigenvalue weighted by Gasteiger charge is 2.62. The molecule has 0 aliphatic heterocycles. The van der Waals surface area contributed by atoms with E-state index >= 15 is 0 Å². The van der Waals surface area contributed by atoms with Crippen LogP contribution in [0.5, 0.6) is 0 Å². The van der Waals surface area contributed by atoms with Gasteiger partial charge in [-0.3, -0.25) is 9.59 Å². The van der Waals surface area contributed by atoms with E-state index in [1.54, 1.807) is 0 Å². The minimum Gasteiger partial charge on any atom is -0.504 e. The highest BCUT2D eigenvalue weighted by atomic mass is 16.5. The molecule has 3 fully saturated rings. The van der Waals surface area contributed by atoms with E-state index in [0.717, 1.165) is 44.1 Å². The first kappa shape index (κ1) is 21.9. The van der Waals surface area contributed by atoms with E-state index in [4.69, 9.17) is 4.74 Å². The van der Waals surface area contributed by atoms with E-state index in [-0.39, 0.29) is 34.3 Å². The predicted octanol–water partition coefficient (Wildman–Crippen LogP) is 4.58. The lowest BCUT2D eigenvalue weighted by Crippen LogP contribution is -2.56. The van der Waals surface area contributed by atoms with Crippen molar-refractivity contribution in [2.24, 2.45) is 40.4 Å². The maximum atomic E-state index is 12.1. The summed E-state index contributed by atoms with van der Waals surface area (Å²) in [6.45, 7) is 6.92. The number of hydrogen-bond acceptors (Lipinski definition) is 5. The molecule has 4 rings (SSSR count). The van der Waals surface area contributed by atoms with E-state index in [2.05, 4.69) is 20.8 Å². The van der Waals surface area contributed by atoms with Crippen LogP contribution in [0.1, 0.15) is 78.6 Å². The molecule has 0 saturated heterocycles. The Labute approximate surface area is 180 Å². The van der Waals surface area contributed by atoms with Gasteiger partial charge in [-0.25, -0.2) is 0 Å². The normalized spacial score (nSPS) is 44.2. The number of ether oxygens (including phenoxy) is 1. The number of methoxy groups -OCH3 is 1. The van der Waals surface area contributed by atoms with Crippen LogP contribution >= 0.6 is 0 Å². The molecule has 0 bridgehead atoms. The molecule has 4 aliphatic rings. The molecule has 0 unspecified atom stereocenters. The number of carbonyl (C=O) groups is 2. The first-order valence-corrected chi connectivity index (χ1v) is 11.8. The van der Waals surface area contributed by atoms with Crippen LogP contribution in [0, 0.1) is 40.4 Å². The van der Waals surface area contributed by atoms with Gasteiger partial charge in [0.25, 0.3) is 0 Å². The summed E-state index contributed by atoms with van der Waals surface area (Å²) >= 11 is 0. The summed E-state index contributed by atoms with van der Waals surface area (Å²) < 4.78 is 4.84. The Morgan fingerprint density at radius 3 is 2.63 bits per heavy atom. The molecule has 0 spiro atoms. The third kappa shape index (κ3) is 3.14. The summed E-state index contributed by atoms with van der Waals surface area (Å²) in [7, 11) is 1.45. The van der Waals surface area contributed by atoms with Crippen LogP contribution < -0.4 is 0 Å². The van der Waals surface area contributed by atoms with Gasteiger partial charge in [-0.15, -0.1) is 0 Å². The van der Waals surface area contributed by atoms with Crippen LogP contribution in [-0.4, -0.2) is 35.2 Å². The van der Waals surface area contributed by atoms with Crippen molar-refractivity contribution in [3.63, 3.8) is 0 Å². The molecule has 2 N–H and O–H groups in total. The monoisotopic (exact) mass is 418 g/mol. The number of fused-ring (bicyclic) bond motifs is 5. The molecule has 0 amide bonds. The number of rotatable bonds is 4. The van der Waals surface area contributed by atoms with Crippen molar-refractivity contribution in [2.75, 3.05) is 7.11 Å². The molecule has 5 heteroatoms. The Morgan fingerprint density at radius 2 is 1.93 bits per heavy atom. The van der Waals surface area contributed by atoms with Crippen molar-refractivity contribution < 1.29 is 24.5 Å². The van der Waals surface area contributed by atoms with Crippen LogP contribution in [0.25, 0.3) is 0 Å².